The van der Waals surface area contributed by atoms with Gasteiger partial charge in [-0.2, -0.15) is 5.10 Å². The van der Waals surface area contributed by atoms with Gasteiger partial charge in [-0.3, -0.25) is 4.79 Å². The lowest BCUT2D eigenvalue weighted by Gasteiger charge is -2.02. The average molecular weight is 298 g/mol. The number of halogens is 1. The number of alkyl halides is 1. The molecule has 0 atom stereocenters. The molecule has 0 aromatic heterocycles. The molecule has 1 aliphatic heterocycles. The van der Waals surface area contributed by atoms with Crippen molar-refractivity contribution in [2.24, 2.45) is 10.2 Å². The number of hydrogen-bond donors (Lipinski definition) is 1. The molecule has 1 fully saturated rings. The number of thioether (sulfide) groups is 1. The molecular weight excluding hydrogens is 286 g/mol. The molecule has 1 N–H and O–H groups in total. The molecule has 7 heteroatoms. The Labute approximate surface area is 120 Å². The highest BCUT2D eigenvalue weighted by Gasteiger charge is 2.15. The Kier molecular flexibility index (Phi) is 5.23. The first kappa shape index (κ1) is 13.9. The van der Waals surface area contributed by atoms with Crippen LogP contribution in [0.3, 0.4) is 0 Å². The zero-order valence-electron chi connectivity index (χ0n) is 10.0. The normalized spacial score (nSPS) is 17.1. The average Bonchev–Trinajstić information content (AvgIpc) is 2.84. The summed E-state index contributed by atoms with van der Waals surface area (Å²) in [4.78, 5) is 10.9. The number of amides is 1. The van der Waals surface area contributed by atoms with Crippen LogP contribution in [-0.4, -0.2) is 35.5 Å². The Morgan fingerprint density at radius 2 is 2.21 bits per heavy atom. The van der Waals surface area contributed by atoms with E-state index in [2.05, 4.69) is 15.5 Å². The topological polar surface area (TPSA) is 63.0 Å². The van der Waals surface area contributed by atoms with Gasteiger partial charge >= 0.3 is 0 Å². The fourth-order valence-corrected chi connectivity index (χ4v) is 2.04. The van der Waals surface area contributed by atoms with E-state index in [1.165, 1.54) is 11.8 Å². The third-order valence-electron chi connectivity index (χ3n) is 2.17. The maximum absolute atomic E-state index is 10.9. The van der Waals surface area contributed by atoms with Crippen molar-refractivity contribution in [3.05, 3.63) is 29.8 Å². The highest BCUT2D eigenvalue weighted by Crippen LogP contribution is 2.11. The third kappa shape index (κ3) is 4.57. The Morgan fingerprint density at radius 1 is 1.42 bits per heavy atom. The molecule has 1 amide bonds. The molecule has 0 spiro atoms. The summed E-state index contributed by atoms with van der Waals surface area (Å²) >= 11 is 6.87. The quantitative estimate of drug-likeness (QED) is 0.512. The summed E-state index contributed by atoms with van der Waals surface area (Å²) in [5.41, 5.74) is 0.900. The molecule has 1 aliphatic rings. The van der Waals surface area contributed by atoms with Gasteiger partial charge in [0.25, 0.3) is 0 Å². The lowest BCUT2D eigenvalue weighted by Crippen LogP contribution is -2.19. The second kappa shape index (κ2) is 7.16. The maximum atomic E-state index is 10.9. The van der Waals surface area contributed by atoms with Gasteiger partial charge in [-0.05, 0) is 29.8 Å². The van der Waals surface area contributed by atoms with Gasteiger partial charge in [0.05, 0.1) is 17.8 Å². The van der Waals surface area contributed by atoms with E-state index in [4.69, 9.17) is 16.3 Å². The summed E-state index contributed by atoms with van der Waals surface area (Å²) in [6.07, 6.45) is 1.61. The van der Waals surface area contributed by atoms with Crippen molar-refractivity contribution < 1.29 is 9.53 Å². The van der Waals surface area contributed by atoms with Crippen LogP contribution in [0.1, 0.15) is 5.56 Å². The predicted octanol–water partition coefficient (Wildman–Crippen LogP) is 1.86. The van der Waals surface area contributed by atoms with Gasteiger partial charge in [0.2, 0.25) is 5.91 Å². The van der Waals surface area contributed by atoms with Crippen molar-refractivity contribution >= 4 is 40.7 Å². The number of nitrogens with zero attached hydrogens (tertiary/aromatic N) is 2. The van der Waals surface area contributed by atoms with Crippen molar-refractivity contribution in [2.75, 3.05) is 18.2 Å². The van der Waals surface area contributed by atoms with Crippen LogP contribution >= 0.6 is 23.4 Å². The molecule has 1 aromatic carbocycles. The number of benzene rings is 1. The van der Waals surface area contributed by atoms with E-state index in [9.17, 15) is 4.79 Å². The summed E-state index contributed by atoms with van der Waals surface area (Å²) in [6, 6.07) is 7.42. The summed E-state index contributed by atoms with van der Waals surface area (Å²) in [7, 11) is 0. The molecular formula is C12H12ClN3O2S. The lowest BCUT2D eigenvalue weighted by atomic mass is 10.2. The van der Waals surface area contributed by atoms with Crippen LogP contribution < -0.4 is 10.1 Å². The zero-order chi connectivity index (χ0) is 13.5. The lowest BCUT2D eigenvalue weighted by molar-refractivity contribution is -0.116. The Balaban J connectivity index is 1.90. The van der Waals surface area contributed by atoms with Crippen molar-refractivity contribution in [1.82, 2.24) is 5.32 Å². The Hall–Kier alpha value is -1.53. The Morgan fingerprint density at radius 3 is 2.84 bits per heavy atom. The molecule has 1 aromatic rings. The van der Waals surface area contributed by atoms with E-state index in [1.807, 2.05) is 24.3 Å². The largest absolute Gasteiger partial charge is 0.492 e. The van der Waals surface area contributed by atoms with Crippen LogP contribution in [0.5, 0.6) is 5.75 Å². The molecule has 0 bridgehead atoms. The smallest absolute Gasteiger partial charge is 0.236 e. The van der Waals surface area contributed by atoms with Gasteiger partial charge in [0.15, 0.2) is 5.17 Å². The first-order chi connectivity index (χ1) is 9.28. The summed E-state index contributed by atoms with van der Waals surface area (Å²) in [5.74, 6) is 1.59. The van der Waals surface area contributed by atoms with Crippen LogP contribution in [0.4, 0.5) is 0 Å². The van der Waals surface area contributed by atoms with Crippen molar-refractivity contribution in [1.29, 1.82) is 0 Å². The molecule has 0 radical (unpaired) electrons. The molecule has 100 valence electrons. The minimum Gasteiger partial charge on any atom is -0.492 e. The number of rotatable bonds is 5. The summed E-state index contributed by atoms with van der Waals surface area (Å²) in [6.45, 7) is 0.486. The minimum atomic E-state index is -0.0419. The second-order valence-corrected chi connectivity index (χ2v) is 4.94. The van der Waals surface area contributed by atoms with E-state index < -0.39 is 0 Å². The predicted molar refractivity (Wildman–Crippen MR) is 78.3 cm³/mol. The van der Waals surface area contributed by atoms with Gasteiger partial charge < -0.3 is 10.1 Å². The van der Waals surface area contributed by atoms with Gasteiger partial charge in [0, 0.05) is 0 Å². The van der Waals surface area contributed by atoms with Gasteiger partial charge in [-0.25, -0.2) is 0 Å². The molecule has 2 rings (SSSR count). The standard InChI is InChI=1S/C12H12ClN3O2S/c13-5-6-18-10-3-1-9(2-4-10)7-14-16-12-15-11(17)8-19-12/h1-4,7H,5-6,8H2,(H,15,16,17). The van der Waals surface area contributed by atoms with Crippen LogP contribution in [0.25, 0.3) is 0 Å². The minimum absolute atomic E-state index is 0.0419. The number of carbonyl (C=O) groups excluding carboxylic acids is 1. The van der Waals surface area contributed by atoms with E-state index in [-0.39, 0.29) is 5.91 Å². The number of ether oxygens (including phenoxy) is 1. The van der Waals surface area contributed by atoms with Crippen LogP contribution in [0.2, 0.25) is 0 Å². The highest BCUT2D eigenvalue weighted by atomic mass is 35.5. The van der Waals surface area contributed by atoms with Crippen molar-refractivity contribution in [2.45, 2.75) is 0 Å². The highest BCUT2D eigenvalue weighted by molar-refractivity contribution is 8.15. The first-order valence-corrected chi connectivity index (χ1v) is 7.12. The molecule has 5 nitrogen and oxygen atoms in total. The fourth-order valence-electron chi connectivity index (χ4n) is 1.33. The Bertz CT molecular complexity index is 502. The van der Waals surface area contributed by atoms with Gasteiger partial charge in [-0.15, -0.1) is 16.7 Å². The second-order valence-electron chi connectivity index (χ2n) is 3.59. The molecule has 1 heterocycles. The summed E-state index contributed by atoms with van der Waals surface area (Å²) in [5, 5.41) is 11.0. The van der Waals surface area contributed by atoms with Crippen molar-refractivity contribution in [3.63, 3.8) is 0 Å². The monoisotopic (exact) mass is 297 g/mol. The van der Waals surface area contributed by atoms with E-state index in [1.54, 1.807) is 6.21 Å². The number of hydrogen-bond acceptors (Lipinski definition) is 5. The van der Waals surface area contributed by atoms with E-state index >= 15 is 0 Å². The molecule has 1 saturated heterocycles. The van der Waals surface area contributed by atoms with Gasteiger partial charge in [-0.1, -0.05) is 11.8 Å². The third-order valence-corrected chi connectivity index (χ3v) is 3.19. The maximum Gasteiger partial charge on any atom is 0.236 e. The molecule has 19 heavy (non-hydrogen) atoms. The van der Waals surface area contributed by atoms with E-state index in [0.717, 1.165) is 11.3 Å². The number of carbonyl (C=O) groups is 1. The number of amidine groups is 1. The fraction of sp³-hybridized carbons (Fsp3) is 0.250. The molecule has 0 aliphatic carbocycles. The SMILES string of the molecule is O=C1CSC(=NN=Cc2ccc(OCCCl)cc2)N1. The van der Waals surface area contributed by atoms with Gasteiger partial charge in [0.1, 0.15) is 12.4 Å². The summed E-state index contributed by atoms with van der Waals surface area (Å²) < 4.78 is 5.35. The van der Waals surface area contributed by atoms with Crippen molar-refractivity contribution in [3.8, 4) is 5.75 Å². The van der Waals surface area contributed by atoms with E-state index in [0.29, 0.717) is 23.4 Å². The number of nitrogens with one attached hydrogen (secondary N) is 1. The molecule has 0 unspecified atom stereocenters. The van der Waals surface area contributed by atoms with Crippen LogP contribution in [0.15, 0.2) is 34.5 Å². The van der Waals surface area contributed by atoms with Crippen LogP contribution in [0, 0.1) is 0 Å². The van der Waals surface area contributed by atoms with Crippen LogP contribution in [-0.2, 0) is 4.79 Å². The molecule has 0 saturated carbocycles. The first-order valence-electron chi connectivity index (χ1n) is 5.60. The zero-order valence-corrected chi connectivity index (χ0v) is 11.6.